The molecule has 21 heavy (non-hydrogen) atoms. The molecule has 0 N–H and O–H groups in total. The fourth-order valence-electron chi connectivity index (χ4n) is 2.39. The van der Waals surface area contributed by atoms with E-state index in [0.717, 1.165) is 17.7 Å². The topological polar surface area (TPSA) is 48.4 Å². The summed E-state index contributed by atoms with van der Waals surface area (Å²) in [6.45, 7) is 1.07. The van der Waals surface area contributed by atoms with Gasteiger partial charge in [0.05, 0.1) is 18.2 Å². The van der Waals surface area contributed by atoms with Crippen LogP contribution in [0.4, 0.5) is 0 Å². The van der Waals surface area contributed by atoms with E-state index in [1.165, 1.54) is 0 Å². The van der Waals surface area contributed by atoms with E-state index in [-0.39, 0.29) is 11.9 Å². The molecule has 0 aliphatic carbocycles. The molecule has 108 valence electrons. The SMILES string of the molecule is O=C(OC(c1ccccc1)c1ccccn1)C1CCOC1. The summed E-state index contributed by atoms with van der Waals surface area (Å²) >= 11 is 0. The summed E-state index contributed by atoms with van der Waals surface area (Å²) in [5, 5.41) is 0. The van der Waals surface area contributed by atoms with Crippen molar-refractivity contribution in [1.82, 2.24) is 4.98 Å². The lowest BCUT2D eigenvalue weighted by atomic mass is 10.0. The van der Waals surface area contributed by atoms with E-state index >= 15 is 0 Å². The third kappa shape index (κ3) is 3.28. The number of carbonyl (C=O) groups excluding carboxylic acids is 1. The molecule has 0 bridgehead atoms. The molecule has 4 nitrogen and oxygen atoms in total. The molecule has 1 aromatic heterocycles. The minimum atomic E-state index is -0.472. The van der Waals surface area contributed by atoms with Crippen LogP contribution in [-0.2, 0) is 14.3 Å². The fourth-order valence-corrected chi connectivity index (χ4v) is 2.39. The number of rotatable bonds is 4. The molecule has 2 aromatic rings. The highest BCUT2D eigenvalue weighted by atomic mass is 16.5. The molecule has 1 aromatic carbocycles. The predicted molar refractivity (Wildman–Crippen MR) is 77.5 cm³/mol. The summed E-state index contributed by atoms with van der Waals surface area (Å²) in [4.78, 5) is 16.6. The van der Waals surface area contributed by atoms with Crippen LogP contribution in [0.1, 0.15) is 23.8 Å². The monoisotopic (exact) mass is 283 g/mol. The zero-order valence-electron chi connectivity index (χ0n) is 11.6. The number of carbonyl (C=O) groups is 1. The van der Waals surface area contributed by atoms with Gasteiger partial charge in [0.1, 0.15) is 0 Å². The number of esters is 1. The lowest BCUT2D eigenvalue weighted by Gasteiger charge is -2.19. The van der Waals surface area contributed by atoms with E-state index in [0.29, 0.717) is 13.2 Å². The quantitative estimate of drug-likeness (QED) is 0.810. The molecular formula is C17H17NO3. The first-order chi connectivity index (χ1) is 10.3. The Hall–Kier alpha value is -2.20. The number of benzene rings is 1. The van der Waals surface area contributed by atoms with Gasteiger partial charge in [-0.3, -0.25) is 9.78 Å². The normalized spacial score (nSPS) is 19.1. The molecule has 3 rings (SSSR count). The molecule has 1 aliphatic rings. The Morgan fingerprint density at radius 1 is 1.19 bits per heavy atom. The molecule has 1 aliphatic heterocycles. The highest BCUT2D eigenvalue weighted by molar-refractivity contribution is 5.73. The zero-order chi connectivity index (χ0) is 14.5. The van der Waals surface area contributed by atoms with Gasteiger partial charge in [-0.2, -0.15) is 0 Å². The molecule has 0 spiro atoms. The maximum Gasteiger partial charge on any atom is 0.312 e. The van der Waals surface area contributed by atoms with Gasteiger partial charge < -0.3 is 9.47 Å². The first kappa shape index (κ1) is 13.8. The molecule has 1 fully saturated rings. The summed E-state index contributed by atoms with van der Waals surface area (Å²) in [5.41, 5.74) is 1.65. The van der Waals surface area contributed by atoms with Gasteiger partial charge in [0.15, 0.2) is 6.10 Å². The van der Waals surface area contributed by atoms with Crippen molar-refractivity contribution in [3.63, 3.8) is 0 Å². The number of nitrogens with zero attached hydrogens (tertiary/aromatic N) is 1. The molecule has 1 saturated heterocycles. The van der Waals surface area contributed by atoms with E-state index < -0.39 is 6.10 Å². The van der Waals surface area contributed by atoms with Crippen molar-refractivity contribution in [3.05, 3.63) is 66.0 Å². The van der Waals surface area contributed by atoms with E-state index in [1.54, 1.807) is 6.20 Å². The number of aromatic nitrogens is 1. The summed E-state index contributed by atoms with van der Waals surface area (Å²) in [6, 6.07) is 15.3. The Labute approximate surface area is 123 Å². The Kier molecular flexibility index (Phi) is 4.26. The first-order valence-corrected chi connectivity index (χ1v) is 7.08. The van der Waals surface area contributed by atoms with Crippen LogP contribution in [0, 0.1) is 5.92 Å². The van der Waals surface area contributed by atoms with Crippen molar-refractivity contribution in [2.45, 2.75) is 12.5 Å². The van der Waals surface area contributed by atoms with Crippen molar-refractivity contribution < 1.29 is 14.3 Å². The standard InChI is InChI=1S/C17H17NO3/c19-17(14-9-11-20-12-14)21-16(13-6-2-1-3-7-13)15-8-4-5-10-18-15/h1-8,10,14,16H,9,11-12H2. The second-order valence-corrected chi connectivity index (χ2v) is 5.04. The highest BCUT2D eigenvalue weighted by Gasteiger charge is 2.29. The summed E-state index contributed by atoms with van der Waals surface area (Å²) in [6.07, 6.45) is 1.96. The van der Waals surface area contributed by atoms with Crippen LogP contribution in [-0.4, -0.2) is 24.2 Å². The predicted octanol–water partition coefficient (Wildman–Crippen LogP) is 2.75. The van der Waals surface area contributed by atoms with Gasteiger partial charge in [-0.25, -0.2) is 0 Å². The number of hydrogen-bond donors (Lipinski definition) is 0. The van der Waals surface area contributed by atoms with Crippen LogP contribution in [0.2, 0.25) is 0 Å². The van der Waals surface area contributed by atoms with Crippen molar-refractivity contribution in [2.24, 2.45) is 5.92 Å². The van der Waals surface area contributed by atoms with Crippen LogP contribution in [0.15, 0.2) is 54.7 Å². The van der Waals surface area contributed by atoms with Gasteiger partial charge in [-0.05, 0) is 24.1 Å². The highest BCUT2D eigenvalue weighted by Crippen LogP contribution is 2.26. The smallest absolute Gasteiger partial charge is 0.312 e. The van der Waals surface area contributed by atoms with Crippen molar-refractivity contribution >= 4 is 5.97 Å². The summed E-state index contributed by atoms with van der Waals surface area (Å²) in [5.74, 6) is -0.382. The number of pyridine rings is 1. The Morgan fingerprint density at radius 2 is 2.00 bits per heavy atom. The maximum atomic E-state index is 12.3. The van der Waals surface area contributed by atoms with Crippen molar-refractivity contribution in [1.29, 1.82) is 0 Å². The average molecular weight is 283 g/mol. The third-order valence-electron chi connectivity index (χ3n) is 3.56. The Balaban J connectivity index is 1.84. The summed E-state index contributed by atoms with van der Waals surface area (Å²) < 4.78 is 11.0. The van der Waals surface area contributed by atoms with E-state index in [9.17, 15) is 4.79 Å². The lowest BCUT2D eigenvalue weighted by Crippen LogP contribution is -2.21. The van der Waals surface area contributed by atoms with Gasteiger partial charge in [0.25, 0.3) is 0 Å². The maximum absolute atomic E-state index is 12.3. The molecule has 2 atom stereocenters. The van der Waals surface area contributed by atoms with Crippen LogP contribution in [0.5, 0.6) is 0 Å². The zero-order valence-corrected chi connectivity index (χ0v) is 11.6. The molecule has 0 saturated carbocycles. The van der Waals surface area contributed by atoms with Gasteiger partial charge in [-0.1, -0.05) is 36.4 Å². The van der Waals surface area contributed by atoms with Gasteiger partial charge in [0.2, 0.25) is 0 Å². The summed E-state index contributed by atoms with van der Waals surface area (Å²) in [7, 11) is 0. The lowest BCUT2D eigenvalue weighted by molar-refractivity contribution is -0.152. The van der Waals surface area contributed by atoms with Crippen LogP contribution in [0.25, 0.3) is 0 Å². The van der Waals surface area contributed by atoms with Crippen molar-refractivity contribution in [2.75, 3.05) is 13.2 Å². The molecule has 4 heteroatoms. The van der Waals surface area contributed by atoms with Crippen molar-refractivity contribution in [3.8, 4) is 0 Å². The molecular weight excluding hydrogens is 266 g/mol. The second kappa shape index (κ2) is 6.50. The molecule has 2 unspecified atom stereocenters. The van der Waals surface area contributed by atoms with Gasteiger partial charge in [-0.15, -0.1) is 0 Å². The minimum absolute atomic E-state index is 0.167. The minimum Gasteiger partial charge on any atom is -0.451 e. The fraction of sp³-hybridized carbons (Fsp3) is 0.294. The number of ether oxygens (including phenoxy) is 2. The van der Waals surface area contributed by atoms with Crippen LogP contribution >= 0.6 is 0 Å². The van der Waals surface area contributed by atoms with Crippen LogP contribution < -0.4 is 0 Å². The first-order valence-electron chi connectivity index (χ1n) is 7.08. The van der Waals surface area contributed by atoms with E-state index in [1.807, 2.05) is 48.5 Å². The Bertz CT molecular complexity index is 540. The molecule has 0 amide bonds. The largest absolute Gasteiger partial charge is 0.451 e. The van der Waals surface area contributed by atoms with Crippen LogP contribution in [0.3, 0.4) is 0 Å². The Morgan fingerprint density at radius 3 is 2.67 bits per heavy atom. The molecule has 0 radical (unpaired) electrons. The van der Waals surface area contributed by atoms with Gasteiger partial charge in [0, 0.05) is 12.8 Å². The van der Waals surface area contributed by atoms with Gasteiger partial charge >= 0.3 is 5.97 Å². The number of hydrogen-bond acceptors (Lipinski definition) is 4. The average Bonchev–Trinajstić information content (AvgIpc) is 3.09. The third-order valence-corrected chi connectivity index (χ3v) is 3.56. The molecule has 2 heterocycles. The second-order valence-electron chi connectivity index (χ2n) is 5.04. The van der Waals surface area contributed by atoms with E-state index in [4.69, 9.17) is 9.47 Å². The van der Waals surface area contributed by atoms with E-state index in [2.05, 4.69) is 4.98 Å².